The number of amides is 1. The maximum absolute atomic E-state index is 13.1. The molecule has 0 radical (unpaired) electrons. The van der Waals surface area contributed by atoms with Gasteiger partial charge in [0.1, 0.15) is 17.3 Å². The predicted molar refractivity (Wildman–Crippen MR) is 142 cm³/mol. The van der Waals surface area contributed by atoms with Crippen molar-refractivity contribution >= 4 is 46.7 Å². The summed E-state index contributed by atoms with van der Waals surface area (Å²) in [6, 6.07) is 8.55. The zero-order valence-corrected chi connectivity index (χ0v) is 21.2. The highest BCUT2D eigenvalue weighted by atomic mass is 19.4. The Labute approximate surface area is 225 Å². The minimum atomic E-state index is -4.58. The second-order valence-electron chi connectivity index (χ2n) is 9.26. The molecule has 0 unspecified atom stereocenters. The molecular formula is C27H21F3N8O2. The van der Waals surface area contributed by atoms with Crippen molar-refractivity contribution in [3.63, 3.8) is 0 Å². The Balaban J connectivity index is 1.31. The predicted octanol–water partition coefficient (Wildman–Crippen LogP) is 5.26. The van der Waals surface area contributed by atoms with Gasteiger partial charge in [-0.25, -0.2) is 4.98 Å². The number of amidine groups is 1. The van der Waals surface area contributed by atoms with Gasteiger partial charge in [-0.1, -0.05) is 11.2 Å². The van der Waals surface area contributed by atoms with E-state index in [1.807, 2.05) is 30.9 Å². The molecule has 1 amide bonds. The minimum Gasteiger partial charge on any atom is -0.338 e. The molecule has 4 aromatic rings. The summed E-state index contributed by atoms with van der Waals surface area (Å²) < 4.78 is 44.5. The quantitative estimate of drug-likeness (QED) is 0.348. The van der Waals surface area contributed by atoms with Crippen LogP contribution in [0.1, 0.15) is 38.4 Å². The van der Waals surface area contributed by atoms with Crippen molar-refractivity contribution in [1.82, 2.24) is 20.1 Å². The molecule has 13 heteroatoms. The first-order chi connectivity index (χ1) is 19.2. The van der Waals surface area contributed by atoms with Crippen molar-refractivity contribution in [2.45, 2.75) is 20.0 Å². The first kappa shape index (κ1) is 25.2. The molecule has 0 aliphatic carbocycles. The van der Waals surface area contributed by atoms with E-state index in [-0.39, 0.29) is 5.69 Å². The zero-order valence-electron chi connectivity index (χ0n) is 21.2. The molecule has 0 fully saturated rings. The van der Waals surface area contributed by atoms with Gasteiger partial charge in [-0.15, -0.1) is 0 Å². The third-order valence-electron chi connectivity index (χ3n) is 6.40. The van der Waals surface area contributed by atoms with Gasteiger partial charge in [-0.05, 0) is 55.3 Å². The lowest BCUT2D eigenvalue weighted by atomic mass is 9.94. The maximum atomic E-state index is 13.1. The largest absolute Gasteiger partial charge is 0.416 e. The summed E-state index contributed by atoms with van der Waals surface area (Å²) in [4.78, 5) is 32.3. The number of nitrogens with zero attached hydrogens (tertiary/aromatic N) is 6. The van der Waals surface area contributed by atoms with E-state index in [0.29, 0.717) is 36.4 Å². The number of aliphatic imine (C=N–C) groups is 1. The molecule has 0 saturated carbocycles. The van der Waals surface area contributed by atoms with Gasteiger partial charge >= 0.3 is 6.18 Å². The van der Waals surface area contributed by atoms with Gasteiger partial charge in [0, 0.05) is 41.8 Å². The molecular weight excluding hydrogens is 525 g/mol. The van der Waals surface area contributed by atoms with Crippen LogP contribution in [0.4, 0.5) is 36.5 Å². The smallest absolute Gasteiger partial charge is 0.338 e. The number of nitrogens with one attached hydrogen (secondary N) is 2. The summed E-state index contributed by atoms with van der Waals surface area (Å²) in [7, 11) is 0. The van der Waals surface area contributed by atoms with Crippen LogP contribution in [0.25, 0.3) is 11.6 Å². The number of benzene rings is 1. The van der Waals surface area contributed by atoms with Gasteiger partial charge in [-0.3, -0.25) is 20.1 Å². The standard InChI is InChI=1S/C27H21F3N8O2/c1-14-3-4-18(34-25(39)21-11-17(5-6-31-21)27(28,29)30)12-19(14)20-10-16-13-33-26(35-22-9-15(2)37-40-22)36-23(16)38-8-7-32-24(20)38/h3-6,9-13H,7-8H2,1-2H3,(H,34,39)(H,33,35,36). The monoisotopic (exact) mass is 546 g/mol. The number of pyridine rings is 1. The van der Waals surface area contributed by atoms with Crippen molar-refractivity contribution in [2.24, 2.45) is 4.99 Å². The first-order valence-electron chi connectivity index (χ1n) is 12.2. The number of halogens is 3. The Bertz CT molecular complexity index is 1710. The maximum Gasteiger partial charge on any atom is 0.416 e. The minimum absolute atomic E-state index is 0.337. The number of aromatic nitrogens is 4. The lowest BCUT2D eigenvalue weighted by Crippen LogP contribution is -2.32. The van der Waals surface area contributed by atoms with Crippen LogP contribution in [-0.4, -0.2) is 44.9 Å². The summed E-state index contributed by atoms with van der Waals surface area (Å²) in [5.74, 6) is 1.43. The van der Waals surface area contributed by atoms with Gasteiger partial charge < -0.3 is 14.7 Å². The molecule has 0 spiro atoms. The van der Waals surface area contributed by atoms with E-state index in [1.165, 1.54) is 0 Å². The summed E-state index contributed by atoms with van der Waals surface area (Å²) in [6.45, 7) is 4.92. The zero-order chi connectivity index (χ0) is 28.0. The number of anilines is 4. The fourth-order valence-corrected chi connectivity index (χ4v) is 4.51. The van der Waals surface area contributed by atoms with Gasteiger partial charge in [0.2, 0.25) is 11.8 Å². The van der Waals surface area contributed by atoms with Gasteiger partial charge in [0.15, 0.2) is 0 Å². The van der Waals surface area contributed by atoms with Crippen LogP contribution in [-0.2, 0) is 6.18 Å². The number of alkyl halides is 3. The van der Waals surface area contributed by atoms with Crippen LogP contribution in [0.2, 0.25) is 0 Å². The Morgan fingerprint density at radius 1 is 1.10 bits per heavy atom. The van der Waals surface area contributed by atoms with E-state index in [0.717, 1.165) is 52.1 Å². The van der Waals surface area contributed by atoms with Crippen molar-refractivity contribution in [3.8, 4) is 0 Å². The van der Waals surface area contributed by atoms with Crippen LogP contribution >= 0.6 is 0 Å². The molecule has 10 nitrogen and oxygen atoms in total. The molecule has 0 bridgehead atoms. The topological polar surface area (TPSA) is 121 Å². The van der Waals surface area contributed by atoms with Crippen molar-refractivity contribution in [3.05, 3.63) is 82.4 Å². The summed E-state index contributed by atoms with van der Waals surface area (Å²) in [5, 5.41) is 9.52. The fourth-order valence-electron chi connectivity index (χ4n) is 4.51. The summed E-state index contributed by atoms with van der Waals surface area (Å²) >= 11 is 0. The Morgan fingerprint density at radius 2 is 1.95 bits per heavy atom. The number of hydrogen-bond acceptors (Lipinski definition) is 9. The second-order valence-corrected chi connectivity index (χ2v) is 9.26. The molecule has 2 N–H and O–H groups in total. The van der Waals surface area contributed by atoms with Crippen LogP contribution in [0.3, 0.4) is 0 Å². The molecule has 6 rings (SSSR count). The molecule has 1 aromatic carbocycles. The highest BCUT2D eigenvalue weighted by Gasteiger charge is 2.32. The average molecular weight is 547 g/mol. The molecule has 2 aliphatic rings. The first-order valence-corrected chi connectivity index (χ1v) is 12.2. The van der Waals surface area contributed by atoms with E-state index < -0.39 is 17.6 Å². The van der Waals surface area contributed by atoms with E-state index >= 15 is 0 Å². The van der Waals surface area contributed by atoms with Crippen LogP contribution < -0.4 is 15.5 Å². The van der Waals surface area contributed by atoms with E-state index in [4.69, 9.17) is 9.52 Å². The lowest BCUT2D eigenvalue weighted by Gasteiger charge is -2.28. The lowest BCUT2D eigenvalue weighted by molar-refractivity contribution is -0.137. The van der Waals surface area contributed by atoms with E-state index in [2.05, 4.69) is 30.7 Å². The third-order valence-corrected chi connectivity index (χ3v) is 6.40. The molecule has 0 atom stereocenters. The van der Waals surface area contributed by atoms with E-state index in [9.17, 15) is 18.0 Å². The van der Waals surface area contributed by atoms with E-state index in [1.54, 1.807) is 24.4 Å². The highest BCUT2D eigenvalue weighted by Crippen LogP contribution is 2.37. The molecule has 2 aliphatic heterocycles. The summed E-state index contributed by atoms with van der Waals surface area (Å²) in [5.41, 5.74) is 3.14. The second kappa shape index (κ2) is 9.59. The number of rotatable bonds is 5. The normalized spacial score (nSPS) is 14.3. The Hall–Kier alpha value is -5.07. The van der Waals surface area contributed by atoms with Crippen LogP contribution in [0, 0.1) is 13.8 Å². The molecule has 0 saturated heterocycles. The fraction of sp³-hybridized carbons (Fsp3) is 0.185. The molecule has 202 valence electrons. The number of hydrogen-bond donors (Lipinski definition) is 2. The number of carbonyl (C=O) groups excluding carboxylic acids is 1. The Kier molecular flexibility index (Phi) is 6.05. The van der Waals surface area contributed by atoms with Crippen molar-refractivity contribution in [1.29, 1.82) is 0 Å². The number of fused-ring (bicyclic) bond motifs is 3. The third kappa shape index (κ3) is 4.77. The van der Waals surface area contributed by atoms with Crippen molar-refractivity contribution < 1.29 is 22.5 Å². The van der Waals surface area contributed by atoms with Gasteiger partial charge in [-0.2, -0.15) is 18.2 Å². The Morgan fingerprint density at radius 3 is 2.73 bits per heavy atom. The summed E-state index contributed by atoms with van der Waals surface area (Å²) in [6.07, 6.45) is 0.0110. The number of carbonyl (C=O) groups is 1. The molecule has 5 heterocycles. The van der Waals surface area contributed by atoms with Crippen LogP contribution in [0.15, 0.2) is 58.3 Å². The van der Waals surface area contributed by atoms with Crippen LogP contribution in [0.5, 0.6) is 0 Å². The molecule has 40 heavy (non-hydrogen) atoms. The SMILES string of the molecule is Cc1cc(Nc2ncc3c(n2)N2CCN=C2C(c2cc(NC(=O)c4cc(C(F)(F)F)ccn4)ccc2C)=C3)on1. The average Bonchev–Trinajstić information content (AvgIpc) is 3.58. The van der Waals surface area contributed by atoms with Gasteiger partial charge in [0.25, 0.3) is 5.91 Å². The van der Waals surface area contributed by atoms with Crippen molar-refractivity contribution in [2.75, 3.05) is 28.6 Å². The number of aryl methyl sites for hydroxylation is 2. The highest BCUT2D eigenvalue weighted by molar-refractivity contribution is 6.36. The van der Waals surface area contributed by atoms with Gasteiger partial charge in [0.05, 0.1) is 17.8 Å². The molecule has 3 aromatic heterocycles.